The summed E-state index contributed by atoms with van der Waals surface area (Å²) in [5.74, 6) is 1.48. The number of carbonyl (C=O) groups excluding carboxylic acids is 2. The number of allylic oxidation sites excluding steroid dienone is 2. The van der Waals surface area contributed by atoms with Crippen molar-refractivity contribution in [3.63, 3.8) is 0 Å². The minimum atomic E-state index is -0.368. The fraction of sp³-hybridized carbons (Fsp3) is 0.400. The summed E-state index contributed by atoms with van der Waals surface area (Å²) in [5.41, 5.74) is 2.56. The highest BCUT2D eigenvalue weighted by molar-refractivity contribution is 7.99. The highest BCUT2D eigenvalue weighted by Gasteiger charge is 2.38. The predicted molar refractivity (Wildman–Crippen MR) is 108 cm³/mol. The number of esters is 1. The van der Waals surface area contributed by atoms with E-state index in [1.807, 2.05) is 24.3 Å². The van der Waals surface area contributed by atoms with Crippen molar-refractivity contribution in [2.24, 2.45) is 5.92 Å². The largest absolute Gasteiger partial charge is 0.497 e. The van der Waals surface area contributed by atoms with Crippen molar-refractivity contribution in [2.75, 3.05) is 25.3 Å². The Labute approximate surface area is 172 Å². The molecule has 1 N–H and O–H groups in total. The number of ketones is 1. The van der Waals surface area contributed by atoms with E-state index >= 15 is 0 Å². The Kier molecular flexibility index (Phi) is 5.31. The molecule has 152 valence electrons. The normalized spacial score (nSPS) is 20.6. The highest BCUT2D eigenvalue weighted by Crippen LogP contribution is 2.42. The highest BCUT2D eigenvalue weighted by atomic mass is 32.2. The smallest absolute Gasteiger partial charge is 0.316 e. The molecule has 2 heterocycles. The van der Waals surface area contributed by atoms with Gasteiger partial charge in [0.15, 0.2) is 5.78 Å². The van der Waals surface area contributed by atoms with Crippen LogP contribution in [0.1, 0.15) is 31.4 Å². The third-order valence-corrected chi connectivity index (χ3v) is 5.89. The van der Waals surface area contributed by atoms with Gasteiger partial charge in [0.25, 0.3) is 0 Å². The van der Waals surface area contributed by atoms with E-state index in [4.69, 9.17) is 4.74 Å². The number of rotatable bonds is 5. The number of methoxy groups -OCH3 is 2. The van der Waals surface area contributed by atoms with Crippen molar-refractivity contribution in [2.45, 2.75) is 31.0 Å². The Morgan fingerprint density at radius 1 is 1.28 bits per heavy atom. The lowest BCUT2D eigenvalue weighted by atomic mass is 9.81. The van der Waals surface area contributed by atoms with Gasteiger partial charge in [0.1, 0.15) is 11.8 Å². The molecule has 0 bridgehead atoms. The van der Waals surface area contributed by atoms with Gasteiger partial charge >= 0.3 is 5.97 Å². The van der Waals surface area contributed by atoms with Gasteiger partial charge in [0.05, 0.1) is 20.0 Å². The van der Waals surface area contributed by atoms with Crippen LogP contribution >= 0.6 is 11.8 Å². The number of aromatic nitrogens is 3. The number of carbonyl (C=O) groups is 2. The van der Waals surface area contributed by atoms with E-state index in [2.05, 4.69) is 27.1 Å². The Balaban J connectivity index is 1.75. The van der Waals surface area contributed by atoms with Gasteiger partial charge in [-0.05, 0) is 30.0 Å². The molecule has 4 rings (SSSR count). The van der Waals surface area contributed by atoms with E-state index < -0.39 is 0 Å². The number of Topliss-reactive ketones (excluding diaryl/α,β-unsaturated/α-hetero) is 1. The third kappa shape index (κ3) is 3.74. The quantitative estimate of drug-likeness (QED) is 0.589. The molecular weight excluding hydrogens is 392 g/mol. The minimum Gasteiger partial charge on any atom is -0.497 e. The molecule has 1 aromatic heterocycles. The molecule has 9 heteroatoms. The topological polar surface area (TPSA) is 95.3 Å². The lowest BCUT2D eigenvalue weighted by Gasteiger charge is -2.34. The maximum Gasteiger partial charge on any atom is 0.316 e. The molecule has 8 nitrogen and oxygen atoms in total. The second-order valence-corrected chi connectivity index (χ2v) is 8.10. The van der Waals surface area contributed by atoms with Crippen LogP contribution in [0.4, 0.5) is 5.95 Å². The number of thioether (sulfide) groups is 1. The zero-order valence-corrected chi connectivity index (χ0v) is 17.3. The summed E-state index contributed by atoms with van der Waals surface area (Å²) in [6, 6.07) is 7.26. The van der Waals surface area contributed by atoms with Crippen LogP contribution in [-0.2, 0) is 14.3 Å². The molecule has 1 aliphatic carbocycles. The lowest BCUT2D eigenvalue weighted by Crippen LogP contribution is -2.33. The maximum absolute atomic E-state index is 13.0. The first kappa shape index (κ1) is 19.5. The fourth-order valence-corrected chi connectivity index (χ4v) is 4.39. The Morgan fingerprint density at radius 3 is 2.72 bits per heavy atom. The van der Waals surface area contributed by atoms with Crippen LogP contribution in [0, 0.1) is 5.92 Å². The molecule has 2 atom stereocenters. The summed E-state index contributed by atoms with van der Waals surface area (Å²) in [5, 5.41) is 8.34. The number of fused-ring (bicyclic) bond motifs is 1. The van der Waals surface area contributed by atoms with Gasteiger partial charge < -0.3 is 14.8 Å². The molecule has 29 heavy (non-hydrogen) atoms. The molecule has 0 saturated heterocycles. The molecule has 2 unspecified atom stereocenters. The van der Waals surface area contributed by atoms with E-state index in [0.29, 0.717) is 17.5 Å². The van der Waals surface area contributed by atoms with Gasteiger partial charge in [0.2, 0.25) is 11.1 Å². The molecule has 0 spiro atoms. The van der Waals surface area contributed by atoms with Gasteiger partial charge in [0, 0.05) is 17.7 Å². The van der Waals surface area contributed by atoms with Crippen molar-refractivity contribution in [3.05, 3.63) is 41.1 Å². The zero-order chi connectivity index (χ0) is 20.5. The number of anilines is 1. The van der Waals surface area contributed by atoms with Gasteiger partial charge in [-0.2, -0.15) is 4.98 Å². The average Bonchev–Trinajstić information content (AvgIpc) is 3.12. The number of benzene rings is 1. The number of ether oxygens (including phenoxy) is 2. The van der Waals surface area contributed by atoms with Crippen LogP contribution in [0.3, 0.4) is 0 Å². The van der Waals surface area contributed by atoms with Crippen molar-refractivity contribution in [1.29, 1.82) is 0 Å². The van der Waals surface area contributed by atoms with Crippen molar-refractivity contribution in [1.82, 2.24) is 14.8 Å². The van der Waals surface area contributed by atoms with Crippen LogP contribution in [0.2, 0.25) is 0 Å². The minimum absolute atomic E-state index is 0.121. The summed E-state index contributed by atoms with van der Waals surface area (Å²) in [7, 11) is 2.97. The fourth-order valence-electron chi connectivity index (χ4n) is 3.73. The van der Waals surface area contributed by atoms with Crippen molar-refractivity contribution in [3.8, 4) is 5.75 Å². The van der Waals surface area contributed by atoms with Gasteiger partial charge in [-0.3, -0.25) is 9.59 Å². The Hall–Kier alpha value is -2.81. The van der Waals surface area contributed by atoms with Crippen LogP contribution in [0.5, 0.6) is 5.75 Å². The first-order chi connectivity index (χ1) is 14.0. The molecule has 0 amide bonds. The molecule has 0 radical (unpaired) electrons. The Morgan fingerprint density at radius 2 is 2.03 bits per heavy atom. The molecule has 1 aliphatic heterocycles. The monoisotopic (exact) mass is 414 g/mol. The Bertz CT molecular complexity index is 983. The van der Waals surface area contributed by atoms with Crippen LogP contribution < -0.4 is 10.1 Å². The third-order valence-electron chi connectivity index (χ3n) is 5.08. The summed E-state index contributed by atoms with van der Waals surface area (Å²) in [6.07, 6.45) is 1.30. The van der Waals surface area contributed by atoms with Crippen molar-refractivity contribution < 1.29 is 19.1 Å². The van der Waals surface area contributed by atoms with Crippen molar-refractivity contribution >= 4 is 29.5 Å². The summed E-state index contributed by atoms with van der Waals surface area (Å²) < 4.78 is 11.7. The van der Waals surface area contributed by atoms with E-state index in [0.717, 1.165) is 29.0 Å². The van der Waals surface area contributed by atoms with Gasteiger partial charge in [-0.25, -0.2) is 4.68 Å². The summed E-state index contributed by atoms with van der Waals surface area (Å²) in [6.45, 7) is 2.07. The summed E-state index contributed by atoms with van der Waals surface area (Å²) in [4.78, 5) is 29.0. The van der Waals surface area contributed by atoms with E-state index in [1.54, 1.807) is 11.8 Å². The second kappa shape index (κ2) is 7.90. The molecule has 0 fully saturated rings. The van der Waals surface area contributed by atoms with E-state index in [1.165, 1.54) is 18.9 Å². The molecule has 2 aliphatic rings. The number of hydrogen-bond acceptors (Lipinski definition) is 8. The SMILES string of the molecule is COC(=O)CSc1nc2n(n1)C(c1ccc(OC)cc1)C1=C(CC(C)CC1=O)N2. The van der Waals surface area contributed by atoms with Crippen LogP contribution in [0.15, 0.2) is 40.7 Å². The number of hydrogen-bond donors (Lipinski definition) is 1. The van der Waals surface area contributed by atoms with E-state index in [-0.39, 0.29) is 29.5 Å². The summed E-state index contributed by atoms with van der Waals surface area (Å²) >= 11 is 1.20. The van der Waals surface area contributed by atoms with Gasteiger partial charge in [-0.15, -0.1) is 5.10 Å². The first-order valence-electron chi connectivity index (χ1n) is 9.33. The first-order valence-corrected chi connectivity index (χ1v) is 10.3. The zero-order valence-electron chi connectivity index (χ0n) is 16.5. The van der Waals surface area contributed by atoms with E-state index in [9.17, 15) is 9.59 Å². The number of nitrogens with zero attached hydrogens (tertiary/aromatic N) is 3. The standard InChI is InChI=1S/C20H22N4O4S/c1-11-8-14-17(15(25)9-11)18(12-4-6-13(27-2)7-5-12)24-19(21-14)22-20(23-24)29-10-16(26)28-3/h4-7,11,18H,8-10H2,1-3H3,(H,21,22,23). The molecular formula is C20H22N4O4S. The second-order valence-electron chi connectivity index (χ2n) is 7.16. The number of nitrogens with one attached hydrogen (secondary N) is 1. The van der Waals surface area contributed by atoms with Crippen LogP contribution in [0.25, 0.3) is 0 Å². The maximum atomic E-state index is 13.0. The van der Waals surface area contributed by atoms with Crippen LogP contribution in [-0.4, -0.2) is 46.5 Å². The molecule has 0 saturated carbocycles. The average molecular weight is 414 g/mol. The predicted octanol–water partition coefficient (Wildman–Crippen LogP) is 2.82. The van der Waals surface area contributed by atoms with Gasteiger partial charge in [-0.1, -0.05) is 30.8 Å². The molecule has 1 aromatic carbocycles. The molecule has 2 aromatic rings. The lowest BCUT2D eigenvalue weighted by molar-refractivity contribution is -0.137.